The van der Waals surface area contributed by atoms with Gasteiger partial charge in [-0.15, -0.1) is 12.4 Å². The summed E-state index contributed by atoms with van der Waals surface area (Å²) in [5, 5.41) is 0. The molecule has 1 amide bonds. The minimum Gasteiger partial charge on any atom is -0.341 e. The molecule has 1 aliphatic carbocycles. The van der Waals surface area contributed by atoms with Gasteiger partial charge >= 0.3 is 0 Å². The zero-order valence-electron chi connectivity index (χ0n) is 13.0. The monoisotopic (exact) mass is 386 g/mol. The second-order valence-electron chi connectivity index (χ2n) is 6.93. The first-order valence-corrected chi connectivity index (χ1v) is 8.54. The molecule has 122 valence electrons. The SMILES string of the molecule is CC1(CN)CCN(C(=O)C2(c3ccc(Br)cc3)CCC2)C1.Cl. The molecule has 0 radical (unpaired) electrons. The number of likely N-dealkylation sites (tertiary alicyclic amines) is 1. The van der Waals surface area contributed by atoms with E-state index in [1.807, 2.05) is 17.0 Å². The maximum absolute atomic E-state index is 13.1. The largest absolute Gasteiger partial charge is 0.341 e. The Morgan fingerprint density at radius 3 is 2.36 bits per heavy atom. The number of amides is 1. The van der Waals surface area contributed by atoms with Crippen LogP contribution in [-0.2, 0) is 10.2 Å². The third-order valence-corrected chi connectivity index (χ3v) is 5.88. The van der Waals surface area contributed by atoms with Crippen molar-refractivity contribution >= 4 is 34.2 Å². The smallest absolute Gasteiger partial charge is 0.233 e. The van der Waals surface area contributed by atoms with E-state index in [0.717, 1.165) is 43.2 Å². The number of rotatable bonds is 3. The fraction of sp³-hybridized carbons (Fsp3) is 0.588. The van der Waals surface area contributed by atoms with E-state index in [9.17, 15) is 4.79 Å². The van der Waals surface area contributed by atoms with Crippen molar-refractivity contribution in [3.8, 4) is 0 Å². The third-order valence-electron chi connectivity index (χ3n) is 5.35. The van der Waals surface area contributed by atoms with Crippen LogP contribution in [0.5, 0.6) is 0 Å². The number of hydrogen-bond donors (Lipinski definition) is 1. The van der Waals surface area contributed by atoms with E-state index >= 15 is 0 Å². The molecule has 0 spiro atoms. The van der Waals surface area contributed by atoms with Gasteiger partial charge < -0.3 is 10.6 Å². The number of benzene rings is 1. The summed E-state index contributed by atoms with van der Waals surface area (Å²) >= 11 is 3.47. The highest BCUT2D eigenvalue weighted by Crippen LogP contribution is 2.46. The Morgan fingerprint density at radius 1 is 1.27 bits per heavy atom. The highest BCUT2D eigenvalue weighted by molar-refractivity contribution is 9.10. The van der Waals surface area contributed by atoms with Gasteiger partial charge in [0.1, 0.15) is 0 Å². The lowest BCUT2D eigenvalue weighted by molar-refractivity contribution is -0.140. The lowest BCUT2D eigenvalue weighted by Gasteiger charge is -2.43. The van der Waals surface area contributed by atoms with Crippen LogP contribution in [0.15, 0.2) is 28.7 Å². The Bertz CT molecular complexity index is 544. The van der Waals surface area contributed by atoms with Gasteiger partial charge in [0.15, 0.2) is 0 Å². The van der Waals surface area contributed by atoms with Crippen LogP contribution in [0.1, 0.15) is 38.2 Å². The van der Waals surface area contributed by atoms with Gasteiger partial charge in [-0.2, -0.15) is 0 Å². The van der Waals surface area contributed by atoms with Crippen molar-refractivity contribution < 1.29 is 4.79 Å². The summed E-state index contributed by atoms with van der Waals surface area (Å²) in [6.07, 6.45) is 4.11. The van der Waals surface area contributed by atoms with Crippen LogP contribution >= 0.6 is 28.3 Å². The minimum absolute atomic E-state index is 0. The van der Waals surface area contributed by atoms with Gasteiger partial charge in [0.05, 0.1) is 5.41 Å². The molecule has 3 rings (SSSR count). The quantitative estimate of drug-likeness (QED) is 0.863. The van der Waals surface area contributed by atoms with E-state index < -0.39 is 0 Å². The maximum atomic E-state index is 13.1. The summed E-state index contributed by atoms with van der Waals surface area (Å²) < 4.78 is 1.06. The van der Waals surface area contributed by atoms with Crippen molar-refractivity contribution in [1.29, 1.82) is 0 Å². The molecule has 1 aromatic rings. The summed E-state index contributed by atoms with van der Waals surface area (Å²) in [7, 11) is 0. The molecule has 1 aliphatic heterocycles. The molecule has 1 saturated heterocycles. The van der Waals surface area contributed by atoms with Crippen LogP contribution in [-0.4, -0.2) is 30.4 Å². The maximum Gasteiger partial charge on any atom is 0.233 e. The van der Waals surface area contributed by atoms with Crippen molar-refractivity contribution in [2.45, 2.75) is 38.0 Å². The number of nitrogens with two attached hydrogens (primary N) is 1. The number of hydrogen-bond acceptors (Lipinski definition) is 2. The summed E-state index contributed by atoms with van der Waals surface area (Å²) in [6, 6.07) is 8.27. The topological polar surface area (TPSA) is 46.3 Å². The summed E-state index contributed by atoms with van der Waals surface area (Å²) in [5.41, 5.74) is 6.86. The highest BCUT2D eigenvalue weighted by Gasteiger charge is 2.49. The zero-order chi connectivity index (χ0) is 15.1. The Kier molecular flexibility index (Phi) is 5.25. The van der Waals surface area contributed by atoms with Gasteiger partial charge in [-0.25, -0.2) is 0 Å². The van der Waals surface area contributed by atoms with Crippen molar-refractivity contribution in [3.63, 3.8) is 0 Å². The molecule has 2 fully saturated rings. The van der Waals surface area contributed by atoms with Crippen LogP contribution in [0.3, 0.4) is 0 Å². The first-order valence-electron chi connectivity index (χ1n) is 7.75. The van der Waals surface area contributed by atoms with Gasteiger partial charge in [0.25, 0.3) is 0 Å². The van der Waals surface area contributed by atoms with Crippen LogP contribution in [0.4, 0.5) is 0 Å². The summed E-state index contributed by atoms with van der Waals surface area (Å²) in [4.78, 5) is 15.2. The van der Waals surface area contributed by atoms with E-state index in [-0.39, 0.29) is 23.2 Å². The fourth-order valence-electron chi connectivity index (χ4n) is 3.59. The number of carbonyl (C=O) groups is 1. The van der Waals surface area contributed by atoms with Crippen molar-refractivity contribution in [3.05, 3.63) is 34.3 Å². The molecule has 5 heteroatoms. The molecule has 1 heterocycles. The fourth-order valence-corrected chi connectivity index (χ4v) is 3.86. The average molecular weight is 388 g/mol. The Balaban J connectivity index is 0.00000176. The Morgan fingerprint density at radius 2 is 1.91 bits per heavy atom. The van der Waals surface area contributed by atoms with Crippen LogP contribution in [0, 0.1) is 5.41 Å². The molecule has 0 aromatic heterocycles. The molecule has 1 aromatic carbocycles. The van der Waals surface area contributed by atoms with Gasteiger partial charge in [-0.05, 0) is 48.9 Å². The Labute approximate surface area is 147 Å². The number of halogens is 2. The highest BCUT2D eigenvalue weighted by atomic mass is 79.9. The molecule has 3 nitrogen and oxygen atoms in total. The second-order valence-corrected chi connectivity index (χ2v) is 7.85. The predicted octanol–water partition coefficient (Wildman–Crippen LogP) is 3.49. The number of nitrogens with zero attached hydrogens (tertiary/aromatic N) is 1. The van der Waals surface area contributed by atoms with Crippen LogP contribution in [0.25, 0.3) is 0 Å². The molecular formula is C17H24BrClN2O. The van der Waals surface area contributed by atoms with Gasteiger partial charge in [-0.1, -0.05) is 41.4 Å². The van der Waals surface area contributed by atoms with E-state index in [1.54, 1.807) is 0 Å². The van der Waals surface area contributed by atoms with Crippen molar-refractivity contribution in [1.82, 2.24) is 4.90 Å². The van der Waals surface area contributed by atoms with Gasteiger partial charge in [0, 0.05) is 17.6 Å². The van der Waals surface area contributed by atoms with Crippen LogP contribution in [0.2, 0.25) is 0 Å². The molecule has 1 unspecified atom stereocenters. The first kappa shape index (κ1) is 17.8. The summed E-state index contributed by atoms with van der Waals surface area (Å²) in [5.74, 6) is 0.313. The molecule has 1 atom stereocenters. The second kappa shape index (κ2) is 6.50. The Hall–Kier alpha value is -0.580. The van der Waals surface area contributed by atoms with Crippen molar-refractivity contribution in [2.24, 2.45) is 11.1 Å². The van der Waals surface area contributed by atoms with E-state index in [2.05, 4.69) is 35.0 Å². The van der Waals surface area contributed by atoms with Gasteiger partial charge in [0.2, 0.25) is 5.91 Å². The van der Waals surface area contributed by atoms with E-state index in [4.69, 9.17) is 5.73 Å². The predicted molar refractivity (Wildman–Crippen MR) is 95.3 cm³/mol. The molecule has 2 aliphatic rings. The molecule has 1 saturated carbocycles. The lowest BCUT2D eigenvalue weighted by Crippen LogP contribution is -2.51. The first-order chi connectivity index (χ1) is 9.99. The molecule has 22 heavy (non-hydrogen) atoms. The van der Waals surface area contributed by atoms with Crippen molar-refractivity contribution in [2.75, 3.05) is 19.6 Å². The van der Waals surface area contributed by atoms with E-state index in [1.165, 1.54) is 5.56 Å². The standard InChI is InChI=1S/C17H23BrN2O.ClH/c1-16(11-19)9-10-20(12-16)15(21)17(7-2-8-17)13-3-5-14(18)6-4-13;/h3-6H,2,7-12,19H2,1H3;1H. The molecule has 2 N–H and O–H groups in total. The van der Waals surface area contributed by atoms with Crippen LogP contribution < -0.4 is 5.73 Å². The van der Waals surface area contributed by atoms with Gasteiger partial charge in [-0.3, -0.25) is 4.79 Å². The third kappa shape index (κ3) is 2.93. The van der Waals surface area contributed by atoms with E-state index in [0.29, 0.717) is 12.5 Å². The average Bonchev–Trinajstić information content (AvgIpc) is 2.83. The number of carbonyl (C=O) groups excluding carboxylic acids is 1. The lowest BCUT2D eigenvalue weighted by atomic mass is 9.63. The molecular weight excluding hydrogens is 364 g/mol. The normalized spacial score (nSPS) is 26.2. The molecule has 0 bridgehead atoms. The zero-order valence-corrected chi connectivity index (χ0v) is 15.4. The summed E-state index contributed by atoms with van der Waals surface area (Å²) in [6.45, 7) is 4.50. The minimum atomic E-state index is -0.277.